The second-order valence-corrected chi connectivity index (χ2v) is 8.24. The number of fused-ring (bicyclic) bond motifs is 1. The molecular formula is C20H18BrCl2N5O2. The van der Waals surface area contributed by atoms with E-state index in [2.05, 4.69) is 31.6 Å². The van der Waals surface area contributed by atoms with Crippen LogP contribution in [0.5, 0.6) is 0 Å². The first-order valence-corrected chi connectivity index (χ1v) is 10.4. The Kier molecular flexibility index (Phi) is 7.02. The van der Waals surface area contributed by atoms with Crippen LogP contribution in [0, 0.1) is 0 Å². The maximum Gasteiger partial charge on any atom is 0.246 e. The number of benzene rings is 2. The fraction of sp³-hybridized carbons (Fsp3) is 0.150. The van der Waals surface area contributed by atoms with Gasteiger partial charge in [0.15, 0.2) is 5.96 Å². The van der Waals surface area contributed by atoms with Gasteiger partial charge in [-0.3, -0.25) is 14.9 Å². The number of nitrogens with one attached hydrogen (secondary N) is 2. The summed E-state index contributed by atoms with van der Waals surface area (Å²) in [5, 5.41) is 6.74. The zero-order valence-electron chi connectivity index (χ0n) is 15.9. The molecule has 4 N–H and O–H groups in total. The van der Waals surface area contributed by atoms with Crippen LogP contribution < -0.4 is 16.4 Å². The fourth-order valence-electron chi connectivity index (χ4n) is 2.87. The van der Waals surface area contributed by atoms with Crippen molar-refractivity contribution in [2.75, 3.05) is 5.32 Å². The van der Waals surface area contributed by atoms with Crippen molar-refractivity contribution in [1.29, 1.82) is 0 Å². The Hall–Kier alpha value is -2.55. The summed E-state index contributed by atoms with van der Waals surface area (Å²) in [6.45, 7) is 1.63. The number of guanidine groups is 1. The molecule has 30 heavy (non-hydrogen) atoms. The van der Waals surface area contributed by atoms with Gasteiger partial charge in [0, 0.05) is 28.5 Å². The van der Waals surface area contributed by atoms with Crippen LogP contribution in [0.1, 0.15) is 12.5 Å². The van der Waals surface area contributed by atoms with E-state index in [0.717, 1.165) is 15.4 Å². The molecule has 0 radical (unpaired) electrons. The Labute approximate surface area is 191 Å². The third kappa shape index (κ3) is 5.53. The van der Waals surface area contributed by atoms with Crippen LogP contribution in [0.2, 0.25) is 10.0 Å². The lowest BCUT2D eigenvalue weighted by Crippen LogP contribution is -2.38. The summed E-state index contributed by atoms with van der Waals surface area (Å²) in [4.78, 5) is 27.7. The van der Waals surface area contributed by atoms with Crippen LogP contribution in [-0.4, -0.2) is 22.3 Å². The number of aliphatic imine (C=N–C) groups is 1. The molecule has 0 unspecified atom stereocenters. The van der Waals surface area contributed by atoms with Crippen molar-refractivity contribution in [3.8, 4) is 0 Å². The summed E-state index contributed by atoms with van der Waals surface area (Å²) in [6, 6.07) is 11.0. The quantitative estimate of drug-likeness (QED) is 0.352. The maximum absolute atomic E-state index is 12.3. The third-order valence-electron chi connectivity index (χ3n) is 4.15. The van der Waals surface area contributed by atoms with Crippen LogP contribution in [0.25, 0.3) is 10.9 Å². The lowest BCUT2D eigenvalue weighted by Gasteiger charge is -2.10. The molecule has 0 spiro atoms. The lowest BCUT2D eigenvalue weighted by molar-refractivity contribution is -0.120. The van der Waals surface area contributed by atoms with Gasteiger partial charge in [-0.15, -0.1) is 0 Å². The highest BCUT2D eigenvalue weighted by Gasteiger charge is 2.11. The minimum atomic E-state index is -0.297. The van der Waals surface area contributed by atoms with Crippen LogP contribution in [0.3, 0.4) is 0 Å². The SMILES string of the molecule is CC(=O)Nc1c(Cl)cc(CN=C(N)NC(=O)Cn2ccc3cc(Br)ccc32)cc1Cl. The van der Waals surface area contributed by atoms with Crippen molar-refractivity contribution >= 4 is 73.5 Å². The second-order valence-electron chi connectivity index (χ2n) is 6.51. The molecule has 0 aliphatic rings. The third-order valence-corrected chi connectivity index (χ3v) is 5.24. The fourth-order valence-corrected chi connectivity index (χ4v) is 3.88. The number of halogens is 3. The molecular weight excluding hydrogens is 493 g/mol. The normalized spacial score (nSPS) is 11.5. The number of amides is 2. The van der Waals surface area contributed by atoms with Gasteiger partial charge in [-0.1, -0.05) is 39.1 Å². The van der Waals surface area contributed by atoms with E-state index in [9.17, 15) is 9.59 Å². The van der Waals surface area contributed by atoms with Crippen molar-refractivity contribution in [3.05, 3.63) is 62.7 Å². The molecule has 0 atom stereocenters. The predicted molar refractivity (Wildman–Crippen MR) is 124 cm³/mol. The Morgan fingerprint density at radius 3 is 2.53 bits per heavy atom. The van der Waals surface area contributed by atoms with Gasteiger partial charge in [0.05, 0.1) is 22.3 Å². The van der Waals surface area contributed by atoms with Crippen LogP contribution in [0.4, 0.5) is 5.69 Å². The van der Waals surface area contributed by atoms with E-state index >= 15 is 0 Å². The van der Waals surface area contributed by atoms with E-state index in [1.54, 1.807) is 12.1 Å². The predicted octanol–water partition coefficient (Wildman–Crippen LogP) is 4.30. The minimum absolute atomic E-state index is 0.0163. The van der Waals surface area contributed by atoms with Gasteiger partial charge >= 0.3 is 0 Å². The van der Waals surface area contributed by atoms with Crippen molar-refractivity contribution in [1.82, 2.24) is 9.88 Å². The summed E-state index contributed by atoms with van der Waals surface area (Å²) in [5.74, 6) is -0.592. The minimum Gasteiger partial charge on any atom is -0.370 e. The van der Waals surface area contributed by atoms with Crippen molar-refractivity contribution < 1.29 is 9.59 Å². The molecule has 0 aliphatic heterocycles. The molecule has 1 heterocycles. The molecule has 3 aromatic rings. The number of carbonyl (C=O) groups is 2. The van der Waals surface area contributed by atoms with Gasteiger partial charge in [-0.25, -0.2) is 4.99 Å². The number of carbonyl (C=O) groups excluding carboxylic acids is 2. The number of rotatable bonds is 5. The molecule has 2 amide bonds. The molecule has 0 saturated carbocycles. The highest BCUT2D eigenvalue weighted by Crippen LogP contribution is 2.32. The van der Waals surface area contributed by atoms with Gasteiger partial charge in [-0.2, -0.15) is 0 Å². The first-order valence-electron chi connectivity index (χ1n) is 8.82. The van der Waals surface area contributed by atoms with Gasteiger partial charge < -0.3 is 15.6 Å². The number of hydrogen-bond acceptors (Lipinski definition) is 3. The van der Waals surface area contributed by atoms with E-state index in [-0.39, 0.29) is 40.9 Å². The largest absolute Gasteiger partial charge is 0.370 e. The summed E-state index contributed by atoms with van der Waals surface area (Å²) in [5.41, 5.74) is 7.79. The van der Waals surface area contributed by atoms with Crippen LogP contribution in [0.15, 0.2) is 52.1 Å². The molecule has 1 aromatic heterocycles. The number of anilines is 1. The summed E-state index contributed by atoms with van der Waals surface area (Å²) in [6.07, 6.45) is 1.84. The van der Waals surface area contributed by atoms with Crippen LogP contribution in [-0.2, 0) is 22.7 Å². The number of aromatic nitrogens is 1. The van der Waals surface area contributed by atoms with Crippen molar-refractivity contribution in [2.24, 2.45) is 10.7 Å². The average Bonchev–Trinajstić information content (AvgIpc) is 3.04. The average molecular weight is 511 g/mol. The van der Waals surface area contributed by atoms with Gasteiger partial charge in [0.2, 0.25) is 11.8 Å². The summed E-state index contributed by atoms with van der Waals surface area (Å²) in [7, 11) is 0. The van der Waals surface area contributed by atoms with Crippen molar-refractivity contribution in [3.63, 3.8) is 0 Å². The van der Waals surface area contributed by atoms with E-state index in [1.807, 2.05) is 35.0 Å². The lowest BCUT2D eigenvalue weighted by atomic mass is 10.2. The standard InChI is InChI=1S/C20H18BrCl2N5O2/c1-11(29)26-19-15(22)6-12(7-16(19)23)9-25-20(24)27-18(30)10-28-5-4-13-8-14(21)2-3-17(13)28/h2-8H,9-10H2,1H3,(H,26,29)(H3,24,25,27,30). The van der Waals surface area contributed by atoms with Crippen LogP contribution >= 0.6 is 39.1 Å². The first-order chi connectivity index (χ1) is 14.2. The number of nitrogens with two attached hydrogens (primary N) is 1. The molecule has 7 nitrogen and oxygen atoms in total. The summed E-state index contributed by atoms with van der Waals surface area (Å²) < 4.78 is 2.80. The molecule has 156 valence electrons. The molecule has 2 aromatic carbocycles. The smallest absolute Gasteiger partial charge is 0.246 e. The molecule has 10 heteroatoms. The van der Waals surface area contributed by atoms with Crippen molar-refractivity contribution in [2.45, 2.75) is 20.0 Å². The maximum atomic E-state index is 12.3. The number of nitrogens with zero attached hydrogens (tertiary/aromatic N) is 2. The van der Waals surface area contributed by atoms with E-state index < -0.39 is 0 Å². The topological polar surface area (TPSA) is 102 Å². The highest BCUT2D eigenvalue weighted by molar-refractivity contribution is 9.10. The zero-order valence-corrected chi connectivity index (χ0v) is 19.0. The van der Waals surface area contributed by atoms with E-state index in [1.165, 1.54) is 6.92 Å². The monoisotopic (exact) mass is 509 g/mol. The molecule has 0 fully saturated rings. The number of hydrogen-bond donors (Lipinski definition) is 3. The molecule has 0 bridgehead atoms. The van der Waals surface area contributed by atoms with Gasteiger partial charge in [0.25, 0.3) is 0 Å². The van der Waals surface area contributed by atoms with Gasteiger partial charge in [-0.05, 0) is 42.0 Å². The Morgan fingerprint density at radius 1 is 1.17 bits per heavy atom. The van der Waals surface area contributed by atoms with E-state index in [4.69, 9.17) is 28.9 Å². The van der Waals surface area contributed by atoms with Gasteiger partial charge in [0.1, 0.15) is 6.54 Å². The Balaban J connectivity index is 1.63. The second kappa shape index (κ2) is 9.51. The first kappa shape index (κ1) is 22.1. The molecule has 0 saturated heterocycles. The molecule has 3 rings (SSSR count). The molecule has 0 aliphatic carbocycles. The summed E-state index contributed by atoms with van der Waals surface area (Å²) >= 11 is 15.8. The highest BCUT2D eigenvalue weighted by atomic mass is 79.9. The van der Waals surface area contributed by atoms with E-state index in [0.29, 0.717) is 11.3 Å². The zero-order chi connectivity index (χ0) is 21.8. The Morgan fingerprint density at radius 2 is 1.87 bits per heavy atom. The Bertz CT molecular complexity index is 1140.